The van der Waals surface area contributed by atoms with Crippen LogP contribution >= 0.6 is 0 Å². The fourth-order valence-corrected chi connectivity index (χ4v) is 4.18. The molecule has 0 spiro atoms. The average Bonchev–Trinajstić information content (AvgIpc) is 3.15. The number of hydrogen-bond donors (Lipinski definition) is 0. The third-order valence-electron chi connectivity index (χ3n) is 5.71. The van der Waals surface area contributed by atoms with Crippen molar-refractivity contribution in [3.8, 4) is 0 Å². The molecule has 0 saturated carbocycles. The van der Waals surface area contributed by atoms with Gasteiger partial charge in [-0.3, -0.25) is 9.78 Å². The molecule has 7 nitrogen and oxygen atoms in total. The van der Waals surface area contributed by atoms with E-state index < -0.39 is 0 Å². The van der Waals surface area contributed by atoms with Gasteiger partial charge in [-0.1, -0.05) is 0 Å². The van der Waals surface area contributed by atoms with Crippen LogP contribution in [-0.4, -0.2) is 37.8 Å². The van der Waals surface area contributed by atoms with Gasteiger partial charge in [-0.25, -0.2) is 14.6 Å². The van der Waals surface area contributed by atoms with Crippen LogP contribution in [0.1, 0.15) is 30.5 Å². The maximum atomic E-state index is 12.3. The molecule has 0 N–H and O–H groups in total. The van der Waals surface area contributed by atoms with Crippen molar-refractivity contribution in [2.24, 2.45) is 5.92 Å². The molecule has 1 aliphatic heterocycles. The number of anilines is 1. The number of rotatable bonds is 3. The van der Waals surface area contributed by atoms with E-state index in [1.54, 1.807) is 23.1 Å². The predicted molar refractivity (Wildman–Crippen MR) is 103 cm³/mol. The summed E-state index contributed by atoms with van der Waals surface area (Å²) in [5.41, 5.74) is 3.82. The van der Waals surface area contributed by atoms with Crippen molar-refractivity contribution in [1.82, 2.24) is 24.7 Å². The SMILES string of the molecule is O=c1cc2c(nn1CC1CCN(c3ccc4nccnc4n3)CC1)CCC2. The fourth-order valence-electron chi connectivity index (χ4n) is 4.18. The van der Waals surface area contributed by atoms with E-state index in [1.807, 2.05) is 12.1 Å². The Morgan fingerprint density at radius 3 is 2.81 bits per heavy atom. The topological polar surface area (TPSA) is 76.8 Å². The summed E-state index contributed by atoms with van der Waals surface area (Å²) in [6.07, 6.45) is 8.55. The summed E-state index contributed by atoms with van der Waals surface area (Å²) < 4.78 is 1.69. The maximum absolute atomic E-state index is 12.3. The van der Waals surface area contributed by atoms with Gasteiger partial charge in [-0.05, 0) is 55.7 Å². The molecule has 4 heterocycles. The molecule has 1 saturated heterocycles. The van der Waals surface area contributed by atoms with Crippen LogP contribution < -0.4 is 10.5 Å². The normalized spacial score (nSPS) is 17.4. The molecule has 0 radical (unpaired) electrons. The summed E-state index contributed by atoms with van der Waals surface area (Å²) in [5.74, 6) is 1.43. The number of pyridine rings is 1. The monoisotopic (exact) mass is 362 g/mol. The van der Waals surface area contributed by atoms with E-state index in [4.69, 9.17) is 0 Å². The first-order chi connectivity index (χ1) is 13.3. The molecule has 138 valence electrons. The molecule has 1 fully saturated rings. The van der Waals surface area contributed by atoms with Crippen LogP contribution in [0.5, 0.6) is 0 Å². The van der Waals surface area contributed by atoms with E-state index in [0.29, 0.717) is 11.6 Å². The molecule has 2 aliphatic rings. The second-order valence-corrected chi connectivity index (χ2v) is 7.49. The minimum atomic E-state index is 0.0489. The van der Waals surface area contributed by atoms with Crippen LogP contribution in [0.15, 0.2) is 35.4 Å². The van der Waals surface area contributed by atoms with Crippen molar-refractivity contribution in [3.63, 3.8) is 0 Å². The zero-order chi connectivity index (χ0) is 18.2. The number of aromatic nitrogens is 5. The summed E-state index contributed by atoms with van der Waals surface area (Å²) in [4.78, 5) is 27.8. The first-order valence-electron chi connectivity index (χ1n) is 9.69. The second-order valence-electron chi connectivity index (χ2n) is 7.49. The van der Waals surface area contributed by atoms with Gasteiger partial charge in [0.25, 0.3) is 5.56 Å². The average molecular weight is 362 g/mol. The lowest BCUT2D eigenvalue weighted by Gasteiger charge is -2.32. The third-order valence-corrected chi connectivity index (χ3v) is 5.71. The zero-order valence-corrected chi connectivity index (χ0v) is 15.2. The Balaban J connectivity index is 1.27. The van der Waals surface area contributed by atoms with Gasteiger partial charge < -0.3 is 4.90 Å². The Kier molecular flexibility index (Phi) is 4.07. The molecule has 5 rings (SSSR count). The quantitative estimate of drug-likeness (QED) is 0.709. The van der Waals surface area contributed by atoms with Gasteiger partial charge in [0.15, 0.2) is 5.65 Å². The smallest absolute Gasteiger partial charge is 0.267 e. The first-order valence-corrected chi connectivity index (χ1v) is 9.69. The van der Waals surface area contributed by atoms with Crippen LogP contribution in [0, 0.1) is 5.92 Å². The van der Waals surface area contributed by atoms with Gasteiger partial charge in [0, 0.05) is 38.1 Å². The van der Waals surface area contributed by atoms with E-state index in [2.05, 4.69) is 25.0 Å². The molecule has 3 aromatic heterocycles. The van der Waals surface area contributed by atoms with E-state index in [-0.39, 0.29) is 5.56 Å². The largest absolute Gasteiger partial charge is 0.357 e. The molecule has 0 unspecified atom stereocenters. The zero-order valence-electron chi connectivity index (χ0n) is 15.2. The highest BCUT2D eigenvalue weighted by atomic mass is 16.1. The standard InChI is InChI=1S/C20H22N6O/c27-19-12-15-2-1-3-16(15)24-26(19)13-14-6-10-25(11-7-14)18-5-4-17-20(23-18)22-9-8-21-17/h4-5,8-9,12,14H,1-3,6-7,10-11,13H2. The van der Waals surface area contributed by atoms with Crippen molar-refractivity contribution in [2.45, 2.75) is 38.6 Å². The highest BCUT2D eigenvalue weighted by Gasteiger charge is 2.22. The molecule has 1 aliphatic carbocycles. The Morgan fingerprint density at radius 1 is 1.07 bits per heavy atom. The lowest BCUT2D eigenvalue weighted by molar-refractivity contribution is 0.333. The fraction of sp³-hybridized carbons (Fsp3) is 0.450. The summed E-state index contributed by atoms with van der Waals surface area (Å²) in [7, 11) is 0. The molecule has 3 aromatic rings. The number of aryl methyl sites for hydroxylation is 2. The van der Waals surface area contributed by atoms with Gasteiger partial charge in [0.2, 0.25) is 0 Å². The van der Waals surface area contributed by atoms with Gasteiger partial charge in [-0.2, -0.15) is 5.10 Å². The molecule has 7 heteroatoms. The minimum Gasteiger partial charge on any atom is -0.357 e. The van der Waals surface area contributed by atoms with Crippen molar-refractivity contribution >= 4 is 17.0 Å². The highest BCUT2D eigenvalue weighted by molar-refractivity contribution is 5.71. The van der Waals surface area contributed by atoms with Gasteiger partial charge >= 0.3 is 0 Å². The van der Waals surface area contributed by atoms with Crippen molar-refractivity contribution < 1.29 is 0 Å². The van der Waals surface area contributed by atoms with Crippen LogP contribution in [-0.2, 0) is 19.4 Å². The molecule has 27 heavy (non-hydrogen) atoms. The van der Waals surface area contributed by atoms with Crippen LogP contribution in [0.4, 0.5) is 5.82 Å². The molecule has 0 amide bonds. The number of hydrogen-bond acceptors (Lipinski definition) is 6. The predicted octanol–water partition coefficient (Wildman–Crippen LogP) is 1.99. The molecule has 0 bridgehead atoms. The van der Waals surface area contributed by atoms with E-state index in [9.17, 15) is 4.79 Å². The summed E-state index contributed by atoms with van der Waals surface area (Å²) in [5, 5.41) is 4.62. The third kappa shape index (κ3) is 3.18. The minimum absolute atomic E-state index is 0.0489. The van der Waals surface area contributed by atoms with Gasteiger partial charge in [0.05, 0.1) is 5.69 Å². The Morgan fingerprint density at radius 2 is 1.93 bits per heavy atom. The first kappa shape index (κ1) is 16.4. The summed E-state index contributed by atoms with van der Waals surface area (Å²) in [6.45, 7) is 2.59. The van der Waals surface area contributed by atoms with Crippen LogP contribution in [0.3, 0.4) is 0 Å². The molecule has 0 atom stereocenters. The van der Waals surface area contributed by atoms with Crippen LogP contribution in [0.2, 0.25) is 0 Å². The Bertz CT molecular complexity index is 1040. The lowest BCUT2D eigenvalue weighted by Crippen LogP contribution is -2.37. The second kappa shape index (κ2) is 6.72. The highest BCUT2D eigenvalue weighted by Crippen LogP contribution is 2.24. The number of piperidine rings is 1. The number of fused-ring (bicyclic) bond motifs is 2. The van der Waals surface area contributed by atoms with Gasteiger partial charge in [-0.15, -0.1) is 0 Å². The van der Waals surface area contributed by atoms with E-state index in [1.165, 1.54) is 0 Å². The van der Waals surface area contributed by atoms with Crippen molar-refractivity contribution in [2.75, 3.05) is 18.0 Å². The molecule has 0 aromatic carbocycles. The van der Waals surface area contributed by atoms with Gasteiger partial charge in [0.1, 0.15) is 11.3 Å². The van der Waals surface area contributed by atoms with Crippen molar-refractivity contribution in [1.29, 1.82) is 0 Å². The molecular weight excluding hydrogens is 340 g/mol. The van der Waals surface area contributed by atoms with Crippen LogP contribution in [0.25, 0.3) is 11.2 Å². The lowest BCUT2D eigenvalue weighted by atomic mass is 9.97. The Labute approximate surface area is 157 Å². The van der Waals surface area contributed by atoms with E-state index >= 15 is 0 Å². The van der Waals surface area contributed by atoms with Crippen molar-refractivity contribution in [3.05, 3.63) is 52.2 Å². The van der Waals surface area contributed by atoms with E-state index in [0.717, 1.165) is 74.3 Å². The Hall–Kier alpha value is -2.83. The summed E-state index contributed by atoms with van der Waals surface area (Å²) >= 11 is 0. The molecular formula is C20H22N6O. The number of nitrogens with zero attached hydrogens (tertiary/aromatic N) is 6. The summed E-state index contributed by atoms with van der Waals surface area (Å²) in [6, 6.07) is 5.79. The maximum Gasteiger partial charge on any atom is 0.267 e.